The Hall–Kier alpha value is -2.94. The van der Waals surface area contributed by atoms with Crippen LogP contribution in [-0.4, -0.2) is 24.7 Å². The van der Waals surface area contributed by atoms with Crippen LogP contribution in [0, 0.1) is 13.8 Å². The monoisotopic (exact) mass is 401 g/mol. The first-order valence-corrected chi connectivity index (χ1v) is 9.16. The zero-order valence-electron chi connectivity index (χ0n) is 14.9. The van der Waals surface area contributed by atoms with Gasteiger partial charge in [0.15, 0.2) is 0 Å². The van der Waals surface area contributed by atoms with Crippen molar-refractivity contribution in [1.29, 1.82) is 0 Å². The van der Waals surface area contributed by atoms with E-state index in [2.05, 4.69) is 20.2 Å². The molecule has 2 aromatic carbocycles. The van der Waals surface area contributed by atoms with Crippen molar-refractivity contribution in [3.63, 3.8) is 0 Å². The highest BCUT2D eigenvalue weighted by Crippen LogP contribution is 2.35. The van der Waals surface area contributed by atoms with Crippen LogP contribution >= 0.6 is 11.8 Å². The van der Waals surface area contributed by atoms with Gasteiger partial charge in [-0.25, -0.2) is 9.97 Å². The molecule has 0 aliphatic carbocycles. The molecular formula is C19H14F3N5S. The van der Waals surface area contributed by atoms with E-state index in [1.807, 2.05) is 35.8 Å². The van der Waals surface area contributed by atoms with E-state index in [1.165, 1.54) is 6.07 Å². The first-order valence-electron chi connectivity index (χ1n) is 8.34. The smallest absolute Gasteiger partial charge is 0.274 e. The third-order valence-electron chi connectivity index (χ3n) is 4.16. The SMILES string of the molecule is Cc1ccccc1-n1c(C)nnc1Sc1nc(C(F)(F)F)nc2ccccc12. The topological polar surface area (TPSA) is 56.5 Å². The highest BCUT2D eigenvalue weighted by Gasteiger charge is 2.35. The van der Waals surface area contributed by atoms with Crippen LogP contribution in [0.15, 0.2) is 58.7 Å². The van der Waals surface area contributed by atoms with E-state index in [4.69, 9.17) is 0 Å². The maximum atomic E-state index is 13.3. The first kappa shape index (κ1) is 18.4. The normalized spacial score (nSPS) is 11.9. The molecule has 0 atom stereocenters. The van der Waals surface area contributed by atoms with Crippen molar-refractivity contribution >= 4 is 22.7 Å². The second-order valence-electron chi connectivity index (χ2n) is 6.12. The molecule has 9 heteroatoms. The van der Waals surface area contributed by atoms with Gasteiger partial charge in [-0.15, -0.1) is 10.2 Å². The van der Waals surface area contributed by atoms with Crippen molar-refractivity contribution < 1.29 is 13.2 Å². The fourth-order valence-electron chi connectivity index (χ4n) is 2.84. The van der Waals surface area contributed by atoms with Crippen molar-refractivity contribution in [3.05, 3.63) is 65.7 Å². The highest BCUT2D eigenvalue weighted by atomic mass is 32.2. The lowest BCUT2D eigenvalue weighted by molar-refractivity contribution is -0.145. The minimum absolute atomic E-state index is 0.181. The lowest BCUT2D eigenvalue weighted by Crippen LogP contribution is -2.12. The number of nitrogens with zero attached hydrogens (tertiary/aromatic N) is 5. The van der Waals surface area contributed by atoms with Crippen molar-refractivity contribution in [3.8, 4) is 5.69 Å². The van der Waals surface area contributed by atoms with Crippen molar-refractivity contribution in [1.82, 2.24) is 24.7 Å². The molecule has 0 spiro atoms. The second-order valence-corrected chi connectivity index (χ2v) is 7.08. The minimum Gasteiger partial charge on any atom is -0.274 e. The molecule has 0 unspecified atom stereocenters. The predicted octanol–water partition coefficient (Wildman–Crippen LogP) is 5.00. The number of aryl methyl sites for hydroxylation is 2. The van der Waals surface area contributed by atoms with E-state index in [0.717, 1.165) is 23.0 Å². The third-order valence-corrected chi connectivity index (χ3v) is 5.11. The summed E-state index contributed by atoms with van der Waals surface area (Å²) >= 11 is 1.04. The number of hydrogen-bond acceptors (Lipinski definition) is 5. The van der Waals surface area contributed by atoms with Gasteiger partial charge in [0.1, 0.15) is 10.9 Å². The molecule has 0 amide bonds. The average molecular weight is 401 g/mol. The molecule has 0 aliphatic heterocycles. The van der Waals surface area contributed by atoms with E-state index in [9.17, 15) is 13.2 Å². The zero-order valence-corrected chi connectivity index (χ0v) is 15.7. The number of rotatable bonds is 3. The summed E-state index contributed by atoms with van der Waals surface area (Å²) in [7, 11) is 0. The molecule has 4 rings (SSSR count). The van der Waals surface area contributed by atoms with E-state index < -0.39 is 12.0 Å². The number of hydrogen-bond donors (Lipinski definition) is 0. The third kappa shape index (κ3) is 3.33. The molecule has 4 aromatic rings. The van der Waals surface area contributed by atoms with Gasteiger partial charge in [0.05, 0.1) is 11.2 Å². The second kappa shape index (κ2) is 6.90. The van der Waals surface area contributed by atoms with Crippen LogP contribution in [0.25, 0.3) is 16.6 Å². The van der Waals surface area contributed by atoms with Crippen LogP contribution in [-0.2, 0) is 6.18 Å². The predicted molar refractivity (Wildman–Crippen MR) is 99.5 cm³/mol. The quantitative estimate of drug-likeness (QED) is 0.452. The minimum atomic E-state index is -4.64. The van der Waals surface area contributed by atoms with Gasteiger partial charge in [-0.2, -0.15) is 13.2 Å². The van der Waals surface area contributed by atoms with Crippen LogP contribution < -0.4 is 0 Å². The maximum Gasteiger partial charge on any atom is 0.451 e. The Balaban J connectivity index is 1.87. The molecule has 2 heterocycles. The number of benzene rings is 2. The molecule has 0 saturated carbocycles. The molecule has 142 valence electrons. The van der Waals surface area contributed by atoms with Gasteiger partial charge in [0.25, 0.3) is 0 Å². The van der Waals surface area contributed by atoms with Crippen LogP contribution in [0.3, 0.4) is 0 Å². The van der Waals surface area contributed by atoms with Crippen LogP contribution in [0.1, 0.15) is 17.2 Å². The lowest BCUT2D eigenvalue weighted by Gasteiger charge is -2.12. The average Bonchev–Trinajstić information content (AvgIpc) is 3.01. The Kier molecular flexibility index (Phi) is 4.54. The molecule has 28 heavy (non-hydrogen) atoms. The summed E-state index contributed by atoms with van der Waals surface area (Å²) < 4.78 is 41.6. The summed E-state index contributed by atoms with van der Waals surface area (Å²) in [6, 6.07) is 14.3. The largest absolute Gasteiger partial charge is 0.451 e. The number of aromatic nitrogens is 5. The van der Waals surface area contributed by atoms with Gasteiger partial charge in [-0.3, -0.25) is 4.57 Å². The van der Waals surface area contributed by atoms with Gasteiger partial charge in [0.2, 0.25) is 11.0 Å². The van der Waals surface area contributed by atoms with Crippen LogP contribution in [0.2, 0.25) is 0 Å². The van der Waals surface area contributed by atoms with Crippen LogP contribution in [0.4, 0.5) is 13.2 Å². The van der Waals surface area contributed by atoms with Gasteiger partial charge in [0, 0.05) is 5.39 Å². The van der Waals surface area contributed by atoms with E-state index in [1.54, 1.807) is 25.1 Å². The highest BCUT2D eigenvalue weighted by molar-refractivity contribution is 7.99. The molecule has 2 aromatic heterocycles. The summed E-state index contributed by atoms with van der Waals surface area (Å²) in [6.07, 6.45) is -4.64. The summed E-state index contributed by atoms with van der Waals surface area (Å²) in [6.45, 7) is 3.74. The molecule has 0 saturated heterocycles. The Bertz CT molecular complexity index is 1170. The zero-order chi connectivity index (χ0) is 19.9. The molecular weight excluding hydrogens is 387 g/mol. The Labute approximate surface area is 162 Å². The van der Waals surface area contributed by atoms with Crippen LogP contribution in [0.5, 0.6) is 0 Å². The number of alkyl halides is 3. The summed E-state index contributed by atoms with van der Waals surface area (Å²) in [5.41, 5.74) is 2.09. The van der Waals surface area contributed by atoms with E-state index in [0.29, 0.717) is 16.4 Å². The van der Waals surface area contributed by atoms with Gasteiger partial charge >= 0.3 is 6.18 Å². The molecule has 5 nitrogen and oxygen atoms in total. The van der Waals surface area contributed by atoms with Gasteiger partial charge in [-0.1, -0.05) is 36.4 Å². The number of para-hydroxylation sites is 2. The maximum absolute atomic E-state index is 13.3. The fraction of sp³-hybridized carbons (Fsp3) is 0.158. The Morgan fingerprint density at radius 2 is 1.61 bits per heavy atom. The van der Waals surface area contributed by atoms with Crippen molar-refractivity contribution in [2.75, 3.05) is 0 Å². The van der Waals surface area contributed by atoms with Gasteiger partial charge in [-0.05, 0) is 43.3 Å². The summed E-state index contributed by atoms with van der Waals surface area (Å²) in [5, 5.41) is 9.41. The van der Waals surface area contributed by atoms with E-state index >= 15 is 0 Å². The molecule has 0 aliphatic rings. The Morgan fingerprint density at radius 3 is 2.36 bits per heavy atom. The van der Waals surface area contributed by atoms with Gasteiger partial charge < -0.3 is 0 Å². The molecule has 0 radical (unpaired) electrons. The van der Waals surface area contributed by atoms with Crippen molar-refractivity contribution in [2.24, 2.45) is 0 Å². The fourth-order valence-corrected chi connectivity index (χ4v) is 3.83. The molecule has 0 bridgehead atoms. The molecule has 0 fully saturated rings. The Morgan fingerprint density at radius 1 is 0.893 bits per heavy atom. The summed E-state index contributed by atoms with van der Waals surface area (Å²) in [5.74, 6) is -0.543. The van der Waals surface area contributed by atoms with E-state index in [-0.39, 0.29) is 10.5 Å². The van der Waals surface area contributed by atoms with Crippen molar-refractivity contribution in [2.45, 2.75) is 30.2 Å². The lowest BCUT2D eigenvalue weighted by atomic mass is 10.2. The molecule has 0 N–H and O–H groups in total. The standard InChI is InChI=1S/C19H14F3N5S/c1-11-7-3-6-10-15(11)27-12(2)25-26-18(27)28-16-13-8-4-5-9-14(13)23-17(24-16)19(20,21)22/h3-10H,1-2H3. The number of halogens is 3. The first-order chi connectivity index (χ1) is 13.3. The summed E-state index contributed by atoms with van der Waals surface area (Å²) in [4.78, 5) is 7.44. The number of fused-ring (bicyclic) bond motifs is 1.